The van der Waals surface area contributed by atoms with Gasteiger partial charge in [0, 0.05) is 43.4 Å². The van der Waals surface area contributed by atoms with Gasteiger partial charge in [0.25, 0.3) is 0 Å². The molecule has 0 atom stereocenters. The summed E-state index contributed by atoms with van der Waals surface area (Å²) in [5, 5.41) is 2.93. The molecule has 0 aromatic carbocycles. The fourth-order valence-electron chi connectivity index (χ4n) is 5.13. The van der Waals surface area contributed by atoms with Crippen molar-refractivity contribution in [3.05, 3.63) is 0 Å². The van der Waals surface area contributed by atoms with Gasteiger partial charge in [-0.15, -0.1) is 0 Å². The number of ether oxygens (including phenoxy) is 1. The minimum absolute atomic E-state index is 0.123. The van der Waals surface area contributed by atoms with E-state index in [4.69, 9.17) is 10.5 Å². The van der Waals surface area contributed by atoms with Crippen LogP contribution in [0.3, 0.4) is 0 Å². The number of nitrogens with one attached hydrogen (secondary N) is 1. The first kappa shape index (κ1) is 27.7. The molecule has 0 bridgehead atoms. The largest absolute Gasteiger partial charge is 0.446 e. The summed E-state index contributed by atoms with van der Waals surface area (Å²) < 4.78 is 5.76. The summed E-state index contributed by atoms with van der Waals surface area (Å²) in [5.41, 5.74) is 5.01. The SMILES string of the molecule is CCCCCCCCCCCCNC(=O)OC1CC(C)(C)N(CCC(N)=O)C(C)(C)C1. The van der Waals surface area contributed by atoms with Gasteiger partial charge >= 0.3 is 6.09 Å². The maximum Gasteiger partial charge on any atom is 0.407 e. The minimum Gasteiger partial charge on any atom is -0.446 e. The third kappa shape index (κ3) is 11.2. The Morgan fingerprint density at radius 3 is 1.87 bits per heavy atom. The van der Waals surface area contributed by atoms with Crippen molar-refractivity contribution in [3.63, 3.8) is 0 Å². The van der Waals surface area contributed by atoms with Gasteiger partial charge in [0.15, 0.2) is 0 Å². The number of rotatable bonds is 15. The van der Waals surface area contributed by atoms with E-state index < -0.39 is 0 Å². The van der Waals surface area contributed by atoms with Crippen LogP contribution in [0.1, 0.15) is 118 Å². The Labute approximate surface area is 191 Å². The maximum absolute atomic E-state index is 12.3. The lowest BCUT2D eigenvalue weighted by molar-refractivity contribution is -0.121. The Hall–Kier alpha value is -1.30. The number of hydrogen-bond donors (Lipinski definition) is 2. The number of likely N-dealkylation sites (tertiary alicyclic amines) is 1. The summed E-state index contributed by atoms with van der Waals surface area (Å²) in [5.74, 6) is -0.281. The van der Waals surface area contributed by atoms with Crippen molar-refractivity contribution in [3.8, 4) is 0 Å². The molecule has 0 unspecified atom stereocenters. The normalized spacial score (nSPS) is 18.6. The zero-order chi connectivity index (χ0) is 23.3. The van der Waals surface area contributed by atoms with Crippen LogP contribution in [-0.2, 0) is 9.53 Å². The van der Waals surface area contributed by atoms with Crippen LogP contribution in [0.4, 0.5) is 4.79 Å². The number of primary amides is 1. The fourth-order valence-corrected chi connectivity index (χ4v) is 5.13. The van der Waals surface area contributed by atoms with E-state index in [1.54, 1.807) is 0 Å². The van der Waals surface area contributed by atoms with Crippen LogP contribution in [0.5, 0.6) is 0 Å². The molecule has 31 heavy (non-hydrogen) atoms. The lowest BCUT2D eigenvalue weighted by Gasteiger charge is -2.54. The van der Waals surface area contributed by atoms with Gasteiger partial charge in [0.1, 0.15) is 6.10 Å². The molecule has 1 saturated heterocycles. The van der Waals surface area contributed by atoms with E-state index in [-0.39, 0.29) is 29.2 Å². The Morgan fingerprint density at radius 1 is 0.903 bits per heavy atom. The molecule has 1 heterocycles. The van der Waals surface area contributed by atoms with Gasteiger partial charge in [0.05, 0.1) is 0 Å². The fraction of sp³-hybridized carbons (Fsp3) is 0.920. The number of hydrogen-bond acceptors (Lipinski definition) is 4. The predicted molar refractivity (Wildman–Crippen MR) is 128 cm³/mol. The van der Waals surface area contributed by atoms with Crippen LogP contribution in [0.15, 0.2) is 0 Å². The topological polar surface area (TPSA) is 84.7 Å². The smallest absolute Gasteiger partial charge is 0.407 e. The molecule has 0 radical (unpaired) electrons. The second kappa shape index (κ2) is 14.0. The van der Waals surface area contributed by atoms with E-state index in [9.17, 15) is 9.59 Å². The van der Waals surface area contributed by atoms with Crippen LogP contribution < -0.4 is 11.1 Å². The van der Waals surface area contributed by atoms with E-state index in [1.165, 1.54) is 51.4 Å². The molecule has 182 valence electrons. The molecule has 3 N–H and O–H groups in total. The quantitative estimate of drug-likeness (QED) is 0.329. The van der Waals surface area contributed by atoms with Crippen molar-refractivity contribution in [1.29, 1.82) is 0 Å². The van der Waals surface area contributed by atoms with Crippen molar-refractivity contribution in [1.82, 2.24) is 10.2 Å². The third-order valence-electron chi connectivity index (χ3n) is 6.57. The highest BCUT2D eigenvalue weighted by Gasteiger charge is 2.46. The molecule has 1 rings (SSSR count). The van der Waals surface area contributed by atoms with Crippen molar-refractivity contribution < 1.29 is 14.3 Å². The Bertz CT molecular complexity index is 516. The third-order valence-corrected chi connectivity index (χ3v) is 6.57. The molecule has 0 aromatic heterocycles. The van der Waals surface area contributed by atoms with Gasteiger partial charge in [-0.3, -0.25) is 9.69 Å². The van der Waals surface area contributed by atoms with Crippen molar-refractivity contribution in [2.75, 3.05) is 13.1 Å². The van der Waals surface area contributed by atoms with Crippen molar-refractivity contribution >= 4 is 12.0 Å². The molecule has 1 fully saturated rings. The monoisotopic (exact) mass is 439 g/mol. The molecule has 0 spiro atoms. The summed E-state index contributed by atoms with van der Waals surface area (Å²) >= 11 is 0. The van der Waals surface area contributed by atoms with E-state index in [0.29, 0.717) is 19.5 Å². The van der Waals surface area contributed by atoms with Gasteiger partial charge in [-0.05, 0) is 34.1 Å². The summed E-state index contributed by atoms with van der Waals surface area (Å²) in [6, 6.07) is 0. The lowest BCUT2D eigenvalue weighted by atomic mass is 9.78. The predicted octanol–water partition coefficient (Wildman–Crippen LogP) is 5.53. The summed E-state index contributed by atoms with van der Waals surface area (Å²) in [6.07, 6.45) is 14.3. The lowest BCUT2D eigenvalue weighted by Crippen LogP contribution is -2.62. The number of amides is 2. The summed E-state index contributed by atoms with van der Waals surface area (Å²) in [6.45, 7) is 12.1. The van der Waals surface area contributed by atoms with E-state index in [1.807, 2.05) is 0 Å². The standard InChI is InChI=1S/C25H49N3O3/c1-6-7-8-9-10-11-12-13-14-15-17-27-23(30)31-21-19-24(2,3)28(18-16-22(26)29)25(4,5)20-21/h21H,6-20H2,1-5H3,(H2,26,29)(H,27,30). The summed E-state index contributed by atoms with van der Waals surface area (Å²) in [4.78, 5) is 25.8. The van der Waals surface area contributed by atoms with Crippen molar-refractivity contribution in [2.24, 2.45) is 5.73 Å². The van der Waals surface area contributed by atoms with Crippen LogP contribution in [0.25, 0.3) is 0 Å². The number of carbonyl (C=O) groups is 2. The van der Waals surface area contributed by atoms with E-state index in [2.05, 4.69) is 44.8 Å². The Morgan fingerprint density at radius 2 is 1.39 bits per heavy atom. The number of nitrogens with two attached hydrogens (primary N) is 1. The number of alkyl carbamates (subject to hydrolysis) is 1. The zero-order valence-electron chi connectivity index (χ0n) is 20.9. The van der Waals surface area contributed by atoms with Gasteiger partial charge in [-0.2, -0.15) is 0 Å². The number of carbonyl (C=O) groups excluding carboxylic acids is 2. The second-order valence-electron chi connectivity index (χ2n) is 10.5. The van der Waals surface area contributed by atoms with Crippen LogP contribution >= 0.6 is 0 Å². The molecule has 6 heteroatoms. The average molecular weight is 440 g/mol. The molecule has 6 nitrogen and oxygen atoms in total. The highest BCUT2D eigenvalue weighted by molar-refractivity contribution is 5.73. The molecular formula is C25H49N3O3. The van der Waals surface area contributed by atoms with E-state index in [0.717, 1.165) is 25.7 Å². The van der Waals surface area contributed by atoms with Gasteiger partial charge in [0.2, 0.25) is 5.91 Å². The van der Waals surface area contributed by atoms with Crippen LogP contribution in [0.2, 0.25) is 0 Å². The molecule has 0 aliphatic carbocycles. The number of piperidine rings is 1. The highest BCUT2D eigenvalue weighted by atomic mass is 16.6. The van der Waals surface area contributed by atoms with Crippen LogP contribution in [0, 0.1) is 0 Å². The summed E-state index contributed by atoms with van der Waals surface area (Å²) in [7, 11) is 0. The van der Waals surface area contributed by atoms with Gasteiger partial charge in [-0.1, -0.05) is 64.7 Å². The Kier molecular flexibility index (Phi) is 12.5. The first-order valence-corrected chi connectivity index (χ1v) is 12.6. The van der Waals surface area contributed by atoms with Gasteiger partial charge < -0.3 is 15.8 Å². The molecular weight excluding hydrogens is 390 g/mol. The highest BCUT2D eigenvalue weighted by Crippen LogP contribution is 2.39. The number of nitrogens with zero attached hydrogens (tertiary/aromatic N) is 1. The van der Waals surface area contributed by atoms with Crippen LogP contribution in [-0.4, -0.2) is 47.2 Å². The molecule has 2 amide bonds. The van der Waals surface area contributed by atoms with Crippen molar-refractivity contribution in [2.45, 2.75) is 135 Å². The Balaban J connectivity index is 2.22. The molecule has 0 aromatic rings. The maximum atomic E-state index is 12.3. The zero-order valence-corrected chi connectivity index (χ0v) is 20.9. The average Bonchev–Trinajstić information content (AvgIpc) is 2.63. The molecule has 1 aliphatic heterocycles. The van der Waals surface area contributed by atoms with Gasteiger partial charge in [-0.25, -0.2) is 4.79 Å². The minimum atomic E-state index is -0.307. The first-order valence-electron chi connectivity index (χ1n) is 12.6. The van der Waals surface area contributed by atoms with E-state index >= 15 is 0 Å². The second-order valence-corrected chi connectivity index (χ2v) is 10.5. The number of unbranched alkanes of at least 4 members (excludes halogenated alkanes) is 9. The molecule has 1 aliphatic rings. The first-order chi connectivity index (χ1) is 14.6. The molecule has 0 saturated carbocycles.